The van der Waals surface area contributed by atoms with Gasteiger partial charge in [0, 0.05) is 26.2 Å². The van der Waals surface area contributed by atoms with Crippen molar-refractivity contribution in [2.24, 2.45) is 0 Å². The zero-order valence-electron chi connectivity index (χ0n) is 15.3. The fourth-order valence-corrected chi connectivity index (χ4v) is 3.35. The second-order valence-electron chi connectivity index (χ2n) is 6.38. The number of benzene rings is 1. The fourth-order valence-electron chi connectivity index (χ4n) is 3.35. The first-order valence-corrected chi connectivity index (χ1v) is 9.02. The number of aromatic nitrogens is 2. The lowest BCUT2D eigenvalue weighted by atomic mass is 10.0. The molecule has 1 aliphatic heterocycles. The summed E-state index contributed by atoms with van der Waals surface area (Å²) in [6.45, 7) is 9.57. The summed E-state index contributed by atoms with van der Waals surface area (Å²) >= 11 is 0. The van der Waals surface area contributed by atoms with Crippen molar-refractivity contribution in [3.05, 3.63) is 76.6 Å². The molecule has 138 valence electrons. The van der Waals surface area contributed by atoms with E-state index in [1.165, 1.54) is 15.7 Å². The quantitative estimate of drug-likeness (QED) is 0.800. The maximum Gasteiger partial charge on any atom is 0.275 e. The Hall–Kier alpha value is -3.33. The number of rotatable bonds is 6. The molecule has 0 aliphatic carbocycles. The fraction of sp³-hybridized carbons (Fsp3) is 0.286. The van der Waals surface area contributed by atoms with Crippen molar-refractivity contribution in [1.82, 2.24) is 9.55 Å². The Balaban J connectivity index is 2.03. The van der Waals surface area contributed by atoms with Gasteiger partial charge >= 0.3 is 0 Å². The van der Waals surface area contributed by atoms with Crippen molar-refractivity contribution >= 4 is 11.8 Å². The number of hydrogen-bond donors (Lipinski definition) is 1. The number of nitrogens with one attached hydrogen (secondary N) is 1. The van der Waals surface area contributed by atoms with Crippen LogP contribution in [-0.4, -0.2) is 29.2 Å². The molecule has 0 fully saturated rings. The summed E-state index contributed by atoms with van der Waals surface area (Å²) in [4.78, 5) is 19.6. The first-order chi connectivity index (χ1) is 13.2. The summed E-state index contributed by atoms with van der Waals surface area (Å²) in [5, 5.41) is 12.7. The Kier molecular flexibility index (Phi) is 5.72. The third-order valence-electron chi connectivity index (χ3n) is 4.70. The zero-order chi connectivity index (χ0) is 19.2. The van der Waals surface area contributed by atoms with Crippen molar-refractivity contribution in [3.8, 4) is 6.07 Å². The summed E-state index contributed by atoms with van der Waals surface area (Å²) < 4.78 is 1.44. The molecule has 6 heteroatoms. The average molecular weight is 361 g/mol. The van der Waals surface area contributed by atoms with Crippen LogP contribution in [0, 0.1) is 11.3 Å². The van der Waals surface area contributed by atoms with E-state index in [1.807, 2.05) is 17.0 Å². The molecule has 0 radical (unpaired) electrons. The number of nitrogens with zero attached hydrogens (tertiary/aromatic N) is 4. The minimum Gasteiger partial charge on any atom is -0.355 e. The van der Waals surface area contributed by atoms with Gasteiger partial charge in [-0.25, -0.2) is 0 Å². The lowest BCUT2D eigenvalue weighted by molar-refractivity contribution is 0.733. The molecule has 0 bridgehead atoms. The second-order valence-corrected chi connectivity index (χ2v) is 6.38. The van der Waals surface area contributed by atoms with E-state index in [-0.39, 0.29) is 17.7 Å². The topological polar surface area (TPSA) is 74.0 Å². The number of fused-ring (bicyclic) bond motifs is 1. The van der Waals surface area contributed by atoms with Crippen molar-refractivity contribution in [1.29, 1.82) is 5.26 Å². The number of anilines is 2. The highest BCUT2D eigenvalue weighted by atomic mass is 16.1. The second kappa shape index (κ2) is 8.37. The van der Waals surface area contributed by atoms with Crippen LogP contribution in [0.15, 0.2) is 54.4 Å². The smallest absolute Gasteiger partial charge is 0.275 e. The Morgan fingerprint density at radius 2 is 1.85 bits per heavy atom. The van der Waals surface area contributed by atoms with E-state index in [0.717, 1.165) is 12.8 Å². The number of nitriles is 1. The molecule has 1 aromatic heterocycles. The van der Waals surface area contributed by atoms with Crippen LogP contribution in [0.4, 0.5) is 11.8 Å². The molecule has 0 saturated heterocycles. The Morgan fingerprint density at radius 3 is 2.41 bits per heavy atom. The van der Waals surface area contributed by atoms with E-state index < -0.39 is 0 Å². The van der Waals surface area contributed by atoms with Crippen LogP contribution in [-0.2, 0) is 19.4 Å². The van der Waals surface area contributed by atoms with E-state index in [2.05, 4.69) is 41.7 Å². The van der Waals surface area contributed by atoms with Crippen molar-refractivity contribution in [2.45, 2.75) is 19.4 Å². The van der Waals surface area contributed by atoms with Gasteiger partial charge in [-0.2, -0.15) is 10.2 Å². The van der Waals surface area contributed by atoms with Crippen molar-refractivity contribution in [2.75, 3.05) is 29.9 Å². The van der Waals surface area contributed by atoms with Gasteiger partial charge in [-0.3, -0.25) is 9.36 Å². The number of hydrogen-bond acceptors (Lipinski definition) is 5. The summed E-state index contributed by atoms with van der Waals surface area (Å²) in [5.41, 5.74) is 2.34. The van der Waals surface area contributed by atoms with Crippen LogP contribution in [0.3, 0.4) is 0 Å². The predicted molar refractivity (Wildman–Crippen MR) is 108 cm³/mol. The molecule has 2 heterocycles. The molecule has 0 unspecified atom stereocenters. The van der Waals surface area contributed by atoms with Gasteiger partial charge in [0.1, 0.15) is 6.07 Å². The summed E-state index contributed by atoms with van der Waals surface area (Å²) in [7, 11) is 0. The minimum absolute atomic E-state index is 0.0759. The molecular formula is C21H23N5O. The molecule has 6 nitrogen and oxygen atoms in total. The van der Waals surface area contributed by atoms with Gasteiger partial charge in [0.05, 0.1) is 0 Å². The zero-order valence-corrected chi connectivity index (χ0v) is 15.3. The Morgan fingerprint density at radius 1 is 1.19 bits per heavy atom. The molecule has 3 rings (SSSR count). The molecule has 0 amide bonds. The third-order valence-corrected chi connectivity index (χ3v) is 4.70. The molecule has 0 atom stereocenters. The van der Waals surface area contributed by atoms with Gasteiger partial charge in [-0.05, 0) is 24.0 Å². The molecule has 0 saturated carbocycles. The van der Waals surface area contributed by atoms with Gasteiger partial charge in [0.2, 0.25) is 5.95 Å². The van der Waals surface area contributed by atoms with E-state index in [9.17, 15) is 10.1 Å². The average Bonchev–Trinajstić information content (AvgIpc) is 2.91. The lowest BCUT2D eigenvalue weighted by Gasteiger charge is -2.24. The van der Waals surface area contributed by atoms with Crippen LogP contribution < -0.4 is 15.8 Å². The van der Waals surface area contributed by atoms with Gasteiger partial charge in [-0.15, -0.1) is 13.2 Å². The predicted octanol–water partition coefficient (Wildman–Crippen LogP) is 2.50. The highest BCUT2D eigenvalue weighted by Gasteiger charge is 2.22. The molecular weight excluding hydrogens is 338 g/mol. The SMILES string of the molecule is C=CCNc1nc(N2CCc3ccccc3CC2)c(C#N)c(=O)n1CC=C. The van der Waals surface area contributed by atoms with Gasteiger partial charge < -0.3 is 10.2 Å². The molecule has 2 aromatic rings. The maximum atomic E-state index is 12.9. The lowest BCUT2D eigenvalue weighted by Crippen LogP contribution is -2.34. The van der Waals surface area contributed by atoms with E-state index >= 15 is 0 Å². The molecule has 1 N–H and O–H groups in total. The van der Waals surface area contributed by atoms with Crippen LogP contribution >= 0.6 is 0 Å². The highest BCUT2D eigenvalue weighted by molar-refractivity contribution is 5.56. The van der Waals surface area contributed by atoms with Crippen LogP contribution in [0.25, 0.3) is 0 Å². The van der Waals surface area contributed by atoms with E-state index in [0.29, 0.717) is 31.4 Å². The van der Waals surface area contributed by atoms with Gasteiger partial charge in [0.25, 0.3) is 5.56 Å². The molecule has 1 aromatic carbocycles. The van der Waals surface area contributed by atoms with Crippen LogP contribution in [0.2, 0.25) is 0 Å². The Bertz CT molecular complexity index is 927. The van der Waals surface area contributed by atoms with Crippen LogP contribution in [0.5, 0.6) is 0 Å². The maximum absolute atomic E-state index is 12.9. The third kappa shape index (κ3) is 3.77. The van der Waals surface area contributed by atoms with E-state index in [1.54, 1.807) is 12.2 Å². The van der Waals surface area contributed by atoms with Crippen molar-refractivity contribution in [3.63, 3.8) is 0 Å². The molecule has 0 spiro atoms. The minimum atomic E-state index is -0.351. The summed E-state index contributed by atoms with van der Waals surface area (Å²) in [6, 6.07) is 10.4. The Labute approximate surface area is 159 Å². The van der Waals surface area contributed by atoms with Crippen LogP contribution in [0.1, 0.15) is 16.7 Å². The first kappa shape index (κ1) is 18.5. The first-order valence-electron chi connectivity index (χ1n) is 9.02. The number of allylic oxidation sites excluding steroid dienone is 1. The normalized spacial score (nSPS) is 13.2. The summed E-state index contributed by atoms with van der Waals surface area (Å²) in [5.74, 6) is 0.873. The largest absolute Gasteiger partial charge is 0.355 e. The van der Waals surface area contributed by atoms with Gasteiger partial charge in [-0.1, -0.05) is 36.4 Å². The van der Waals surface area contributed by atoms with E-state index in [4.69, 9.17) is 0 Å². The monoisotopic (exact) mass is 361 g/mol. The van der Waals surface area contributed by atoms with Gasteiger partial charge in [0.15, 0.2) is 11.4 Å². The molecule has 1 aliphatic rings. The summed E-state index contributed by atoms with van der Waals surface area (Å²) in [6.07, 6.45) is 5.03. The molecule has 27 heavy (non-hydrogen) atoms. The van der Waals surface area contributed by atoms with Crippen molar-refractivity contribution < 1.29 is 0 Å². The highest BCUT2D eigenvalue weighted by Crippen LogP contribution is 2.22. The standard InChI is InChI=1S/C21H23N5O/c1-3-11-23-21-24-19(18(15-22)20(27)26(21)12-4-2)25-13-9-16-7-5-6-8-17(16)10-14-25/h3-8H,1-2,9-14H2,(H,23,24).